The van der Waals surface area contributed by atoms with Gasteiger partial charge in [-0.15, -0.1) is 0 Å². The zero-order valence-electron chi connectivity index (χ0n) is 12.2. The van der Waals surface area contributed by atoms with Gasteiger partial charge in [0, 0.05) is 6.42 Å². The van der Waals surface area contributed by atoms with E-state index >= 15 is 0 Å². The molecule has 5 heteroatoms. The Morgan fingerprint density at radius 1 is 1.18 bits per heavy atom. The maximum Gasteiger partial charge on any atom is 0.364 e. The van der Waals surface area contributed by atoms with Gasteiger partial charge in [0.25, 0.3) is 0 Å². The predicted octanol–water partition coefficient (Wildman–Crippen LogP) is 2.35. The smallest absolute Gasteiger partial charge is 0.244 e. The van der Waals surface area contributed by atoms with Crippen LogP contribution in [0.1, 0.15) is 22.5 Å². The summed E-state index contributed by atoms with van der Waals surface area (Å²) in [6.07, 6.45) is 2.20. The van der Waals surface area contributed by atoms with E-state index in [1.807, 2.05) is 55.5 Å². The Hall–Kier alpha value is -2.95. The highest BCUT2D eigenvalue weighted by Crippen LogP contribution is 2.08. The monoisotopic (exact) mass is 292 g/mol. The van der Waals surface area contributed by atoms with Crippen LogP contribution in [0.5, 0.6) is 0 Å². The first-order valence-corrected chi connectivity index (χ1v) is 7.03. The van der Waals surface area contributed by atoms with Crippen molar-refractivity contribution in [3.8, 4) is 0 Å². The molecule has 1 heterocycles. The Morgan fingerprint density at radius 2 is 2.00 bits per heavy atom. The van der Waals surface area contributed by atoms with E-state index in [0.29, 0.717) is 12.2 Å². The lowest BCUT2D eigenvalue weighted by atomic mass is 10.1. The summed E-state index contributed by atoms with van der Waals surface area (Å²) >= 11 is 0. The van der Waals surface area contributed by atoms with Crippen LogP contribution < -0.4 is 5.69 Å². The Balaban J connectivity index is 1.88. The van der Waals surface area contributed by atoms with E-state index in [2.05, 4.69) is 21.4 Å². The second-order valence-corrected chi connectivity index (χ2v) is 5.08. The zero-order valence-corrected chi connectivity index (χ0v) is 12.2. The maximum atomic E-state index is 11.8. The highest BCUT2D eigenvalue weighted by molar-refractivity contribution is 5.79. The average molecular weight is 292 g/mol. The first kappa shape index (κ1) is 14.0. The summed E-state index contributed by atoms with van der Waals surface area (Å²) in [6, 6.07) is 17.7. The van der Waals surface area contributed by atoms with Crippen LogP contribution in [0.3, 0.4) is 0 Å². The van der Waals surface area contributed by atoms with E-state index < -0.39 is 0 Å². The summed E-state index contributed by atoms with van der Waals surface area (Å²) < 4.78 is 1.30. The second kappa shape index (κ2) is 6.22. The SMILES string of the molecule is Cc1cccc(Cc2n[nH]c(=O)n2N=Cc2ccccc2)c1. The highest BCUT2D eigenvalue weighted by Gasteiger charge is 2.08. The molecule has 0 aliphatic heterocycles. The van der Waals surface area contributed by atoms with Crippen molar-refractivity contribution < 1.29 is 0 Å². The summed E-state index contributed by atoms with van der Waals surface area (Å²) in [6.45, 7) is 2.04. The molecule has 3 aromatic rings. The van der Waals surface area contributed by atoms with E-state index in [1.54, 1.807) is 6.21 Å². The molecule has 0 atom stereocenters. The third-order valence-electron chi connectivity index (χ3n) is 3.28. The molecule has 110 valence electrons. The van der Waals surface area contributed by atoms with Gasteiger partial charge < -0.3 is 0 Å². The Morgan fingerprint density at radius 3 is 2.77 bits per heavy atom. The van der Waals surface area contributed by atoms with Gasteiger partial charge in [0.05, 0.1) is 6.21 Å². The molecule has 5 nitrogen and oxygen atoms in total. The number of benzene rings is 2. The lowest BCUT2D eigenvalue weighted by molar-refractivity contribution is 0.775. The van der Waals surface area contributed by atoms with Gasteiger partial charge in [-0.25, -0.2) is 9.89 Å². The van der Waals surface area contributed by atoms with Gasteiger partial charge in [-0.3, -0.25) is 0 Å². The molecule has 1 aromatic heterocycles. The fraction of sp³-hybridized carbons (Fsp3) is 0.118. The molecule has 1 N–H and O–H groups in total. The molecule has 0 radical (unpaired) electrons. The minimum atomic E-state index is -0.338. The molecule has 0 amide bonds. The predicted molar refractivity (Wildman–Crippen MR) is 86.3 cm³/mol. The van der Waals surface area contributed by atoms with Gasteiger partial charge in [-0.2, -0.15) is 14.9 Å². The summed E-state index contributed by atoms with van der Waals surface area (Å²) in [5, 5.41) is 10.8. The van der Waals surface area contributed by atoms with Crippen LogP contribution in [0, 0.1) is 6.92 Å². The number of hydrogen-bond donors (Lipinski definition) is 1. The first-order valence-electron chi connectivity index (χ1n) is 7.03. The topological polar surface area (TPSA) is 63.0 Å². The molecule has 0 saturated heterocycles. The molecule has 2 aromatic carbocycles. The minimum Gasteiger partial charge on any atom is -0.244 e. The van der Waals surface area contributed by atoms with Crippen molar-refractivity contribution in [2.24, 2.45) is 5.10 Å². The fourth-order valence-electron chi connectivity index (χ4n) is 2.23. The van der Waals surface area contributed by atoms with Gasteiger partial charge in [0.1, 0.15) is 0 Å². The minimum absolute atomic E-state index is 0.338. The summed E-state index contributed by atoms with van der Waals surface area (Å²) in [5.74, 6) is 0.586. The molecule has 0 saturated carbocycles. The summed E-state index contributed by atoms with van der Waals surface area (Å²) in [4.78, 5) is 11.8. The number of hydrogen-bond acceptors (Lipinski definition) is 3. The van der Waals surface area contributed by atoms with E-state index in [0.717, 1.165) is 11.1 Å². The molecule has 3 rings (SSSR count). The second-order valence-electron chi connectivity index (χ2n) is 5.08. The van der Waals surface area contributed by atoms with E-state index in [-0.39, 0.29) is 5.69 Å². The van der Waals surface area contributed by atoms with Crippen LogP contribution in [0.15, 0.2) is 64.5 Å². The zero-order chi connectivity index (χ0) is 15.4. The quantitative estimate of drug-likeness (QED) is 0.750. The van der Waals surface area contributed by atoms with Crippen molar-refractivity contribution in [3.05, 3.63) is 87.6 Å². The normalized spacial score (nSPS) is 11.1. The molecular formula is C17H16N4O. The van der Waals surface area contributed by atoms with Gasteiger partial charge in [0.2, 0.25) is 0 Å². The van der Waals surface area contributed by atoms with E-state index in [9.17, 15) is 4.79 Å². The van der Waals surface area contributed by atoms with Crippen molar-refractivity contribution >= 4 is 6.21 Å². The van der Waals surface area contributed by atoms with Crippen LogP contribution in [-0.2, 0) is 6.42 Å². The third kappa shape index (κ3) is 3.20. The number of aromatic amines is 1. The van der Waals surface area contributed by atoms with Crippen molar-refractivity contribution in [1.82, 2.24) is 14.9 Å². The van der Waals surface area contributed by atoms with Crippen LogP contribution in [0.2, 0.25) is 0 Å². The van der Waals surface area contributed by atoms with Crippen molar-refractivity contribution in [2.75, 3.05) is 0 Å². The van der Waals surface area contributed by atoms with Gasteiger partial charge in [0.15, 0.2) is 5.82 Å². The van der Waals surface area contributed by atoms with Crippen LogP contribution >= 0.6 is 0 Å². The van der Waals surface area contributed by atoms with Gasteiger partial charge in [-0.1, -0.05) is 60.2 Å². The Bertz CT molecular complexity index is 846. The van der Waals surface area contributed by atoms with Crippen molar-refractivity contribution in [3.63, 3.8) is 0 Å². The van der Waals surface area contributed by atoms with Crippen LogP contribution in [0.4, 0.5) is 0 Å². The lowest BCUT2D eigenvalue weighted by Gasteiger charge is -2.02. The molecule has 0 unspecified atom stereocenters. The van der Waals surface area contributed by atoms with E-state index in [4.69, 9.17) is 0 Å². The summed E-state index contributed by atoms with van der Waals surface area (Å²) in [5.41, 5.74) is 2.86. The third-order valence-corrected chi connectivity index (χ3v) is 3.28. The lowest BCUT2D eigenvalue weighted by Crippen LogP contribution is -2.15. The average Bonchev–Trinajstić information content (AvgIpc) is 2.86. The van der Waals surface area contributed by atoms with Crippen LogP contribution in [-0.4, -0.2) is 21.1 Å². The number of aromatic nitrogens is 3. The van der Waals surface area contributed by atoms with Gasteiger partial charge >= 0.3 is 5.69 Å². The number of rotatable bonds is 4. The largest absolute Gasteiger partial charge is 0.364 e. The van der Waals surface area contributed by atoms with Crippen molar-refractivity contribution in [1.29, 1.82) is 0 Å². The fourth-order valence-corrected chi connectivity index (χ4v) is 2.23. The van der Waals surface area contributed by atoms with Crippen LogP contribution in [0.25, 0.3) is 0 Å². The first-order chi connectivity index (χ1) is 10.7. The molecule has 0 fully saturated rings. The Kier molecular flexibility index (Phi) is 3.96. The molecule has 22 heavy (non-hydrogen) atoms. The molecule has 0 spiro atoms. The molecule has 0 aliphatic carbocycles. The standard InChI is InChI=1S/C17H16N4O/c1-13-6-5-9-15(10-13)11-16-19-20-17(22)21(16)18-12-14-7-3-2-4-8-14/h2-10,12H,11H2,1H3,(H,20,22). The highest BCUT2D eigenvalue weighted by atomic mass is 16.2. The summed E-state index contributed by atoms with van der Waals surface area (Å²) in [7, 11) is 0. The maximum absolute atomic E-state index is 11.8. The number of aryl methyl sites for hydroxylation is 1. The van der Waals surface area contributed by atoms with Gasteiger partial charge in [-0.05, 0) is 18.1 Å². The Labute approximate surface area is 127 Å². The molecular weight excluding hydrogens is 276 g/mol. The molecule has 0 aliphatic rings. The number of nitrogens with zero attached hydrogens (tertiary/aromatic N) is 3. The van der Waals surface area contributed by atoms with E-state index in [1.165, 1.54) is 10.2 Å². The number of H-pyrrole nitrogens is 1. The van der Waals surface area contributed by atoms with Crippen molar-refractivity contribution in [2.45, 2.75) is 13.3 Å². The number of nitrogens with one attached hydrogen (secondary N) is 1. The molecule has 0 bridgehead atoms.